The Kier molecular flexibility index (Phi) is 8.14. The first-order valence-electron chi connectivity index (χ1n) is 11.7. The van der Waals surface area contributed by atoms with Gasteiger partial charge < -0.3 is 19.7 Å². The number of ether oxygens (including phenoxy) is 2. The number of benzene rings is 2. The van der Waals surface area contributed by atoms with Crippen molar-refractivity contribution in [1.82, 2.24) is 15.0 Å². The molecular formula is C27H33N3O6. The number of phenols is 1. The molecule has 3 rings (SSSR count). The number of hydrogen-bond acceptors (Lipinski definition) is 8. The Labute approximate surface area is 210 Å². The molecule has 1 aromatic heterocycles. The Morgan fingerprint density at radius 2 is 1.75 bits per heavy atom. The standard InChI is InChI=1S/C27H33N3O6/c1-16(2)26(34)36-15-19(31)14-35-24(32)10-8-18-12-20(27(4,5)6)25(33)23(13-18)30-28-21-9-7-17(3)11-22(21)29-30/h7,9,11-13,19,31,33H,1,8,10,14-15H2,2-6H3. The third kappa shape index (κ3) is 6.69. The molecule has 3 aromatic rings. The molecule has 0 radical (unpaired) electrons. The van der Waals surface area contributed by atoms with Crippen LogP contribution in [0.25, 0.3) is 16.7 Å². The van der Waals surface area contributed by atoms with Crippen LogP contribution in [-0.4, -0.2) is 56.5 Å². The van der Waals surface area contributed by atoms with Crippen LogP contribution >= 0.6 is 0 Å². The van der Waals surface area contributed by atoms with Gasteiger partial charge in [0.05, 0.1) is 0 Å². The largest absolute Gasteiger partial charge is 0.505 e. The molecule has 192 valence electrons. The van der Waals surface area contributed by atoms with Crippen molar-refractivity contribution in [3.8, 4) is 11.4 Å². The smallest absolute Gasteiger partial charge is 0.333 e. The number of aromatic nitrogens is 3. The van der Waals surface area contributed by atoms with Gasteiger partial charge in [0, 0.05) is 17.6 Å². The maximum atomic E-state index is 12.3. The van der Waals surface area contributed by atoms with E-state index < -0.39 is 18.0 Å². The normalized spacial score (nSPS) is 12.4. The highest BCUT2D eigenvalue weighted by molar-refractivity contribution is 5.86. The van der Waals surface area contributed by atoms with Crippen molar-refractivity contribution < 1.29 is 29.3 Å². The van der Waals surface area contributed by atoms with Gasteiger partial charge in [-0.25, -0.2) is 4.79 Å². The van der Waals surface area contributed by atoms with Gasteiger partial charge in [-0.15, -0.1) is 15.0 Å². The molecule has 0 amide bonds. The first-order valence-corrected chi connectivity index (χ1v) is 11.7. The van der Waals surface area contributed by atoms with E-state index in [1.54, 1.807) is 6.07 Å². The minimum absolute atomic E-state index is 0.0553. The first kappa shape index (κ1) is 26.9. The van der Waals surface area contributed by atoms with Crippen molar-refractivity contribution in [2.45, 2.75) is 59.0 Å². The van der Waals surface area contributed by atoms with E-state index in [0.29, 0.717) is 28.7 Å². The zero-order valence-electron chi connectivity index (χ0n) is 21.4. The maximum Gasteiger partial charge on any atom is 0.333 e. The number of aryl methyl sites for hydroxylation is 2. The summed E-state index contributed by atoms with van der Waals surface area (Å²) >= 11 is 0. The molecule has 0 bridgehead atoms. The van der Waals surface area contributed by atoms with Crippen LogP contribution in [0.5, 0.6) is 5.75 Å². The molecule has 9 nitrogen and oxygen atoms in total. The summed E-state index contributed by atoms with van der Waals surface area (Å²) in [5.41, 5.74) is 4.26. The summed E-state index contributed by atoms with van der Waals surface area (Å²) in [7, 11) is 0. The number of aliphatic hydroxyl groups excluding tert-OH is 1. The van der Waals surface area contributed by atoms with Crippen molar-refractivity contribution in [2.24, 2.45) is 0 Å². The Balaban J connectivity index is 1.73. The molecule has 0 aliphatic rings. The topological polar surface area (TPSA) is 124 Å². The van der Waals surface area contributed by atoms with Crippen molar-refractivity contribution in [3.05, 3.63) is 59.2 Å². The molecule has 2 aromatic carbocycles. The fourth-order valence-electron chi connectivity index (χ4n) is 3.53. The molecule has 1 atom stereocenters. The monoisotopic (exact) mass is 495 g/mol. The molecule has 0 spiro atoms. The number of aromatic hydroxyl groups is 1. The second-order valence-electron chi connectivity index (χ2n) is 9.96. The molecule has 0 saturated heterocycles. The van der Waals surface area contributed by atoms with Crippen LogP contribution in [0.4, 0.5) is 0 Å². The van der Waals surface area contributed by atoms with E-state index in [2.05, 4.69) is 16.8 Å². The van der Waals surface area contributed by atoms with Crippen LogP contribution in [0.3, 0.4) is 0 Å². The molecule has 9 heteroatoms. The Morgan fingerprint density at radius 3 is 2.42 bits per heavy atom. The fraction of sp³-hybridized carbons (Fsp3) is 0.407. The molecule has 2 N–H and O–H groups in total. The second-order valence-corrected chi connectivity index (χ2v) is 9.96. The predicted octanol–water partition coefficient (Wildman–Crippen LogP) is 3.69. The Bertz CT molecular complexity index is 1290. The van der Waals surface area contributed by atoms with Crippen LogP contribution in [0, 0.1) is 6.92 Å². The van der Waals surface area contributed by atoms with Gasteiger partial charge in [-0.3, -0.25) is 4.79 Å². The summed E-state index contributed by atoms with van der Waals surface area (Å²) in [6.45, 7) is 12.3. The van der Waals surface area contributed by atoms with Gasteiger partial charge in [0.25, 0.3) is 0 Å². The molecule has 0 aliphatic heterocycles. The molecule has 0 aliphatic carbocycles. The number of phenolic OH excluding ortho intramolecular Hbond substituents is 1. The highest BCUT2D eigenvalue weighted by atomic mass is 16.6. The van der Waals surface area contributed by atoms with Crippen LogP contribution in [0.1, 0.15) is 50.8 Å². The Morgan fingerprint density at radius 1 is 1.08 bits per heavy atom. The van der Waals surface area contributed by atoms with Gasteiger partial charge in [0.1, 0.15) is 41.8 Å². The lowest BCUT2D eigenvalue weighted by Crippen LogP contribution is -2.25. The van der Waals surface area contributed by atoms with Gasteiger partial charge in [-0.1, -0.05) is 39.5 Å². The molecule has 0 fully saturated rings. The number of aliphatic hydroxyl groups is 1. The number of fused-ring (bicyclic) bond motifs is 1. The third-order valence-electron chi connectivity index (χ3n) is 5.52. The summed E-state index contributed by atoms with van der Waals surface area (Å²) in [4.78, 5) is 25.1. The van der Waals surface area contributed by atoms with Gasteiger partial charge in [-0.2, -0.15) is 0 Å². The average molecular weight is 496 g/mol. The second kappa shape index (κ2) is 10.9. The van der Waals surface area contributed by atoms with E-state index in [1.165, 1.54) is 11.7 Å². The minimum Gasteiger partial charge on any atom is -0.505 e. The highest BCUT2D eigenvalue weighted by Gasteiger charge is 2.23. The lowest BCUT2D eigenvalue weighted by Gasteiger charge is -2.23. The van der Waals surface area contributed by atoms with E-state index in [1.807, 2.05) is 52.0 Å². The molecule has 36 heavy (non-hydrogen) atoms. The van der Waals surface area contributed by atoms with Crippen molar-refractivity contribution in [1.29, 1.82) is 0 Å². The number of nitrogens with zero attached hydrogens (tertiary/aromatic N) is 3. The fourth-order valence-corrected chi connectivity index (χ4v) is 3.53. The zero-order valence-corrected chi connectivity index (χ0v) is 21.4. The highest BCUT2D eigenvalue weighted by Crippen LogP contribution is 2.36. The number of esters is 2. The van der Waals surface area contributed by atoms with E-state index in [4.69, 9.17) is 9.47 Å². The predicted molar refractivity (Wildman–Crippen MR) is 135 cm³/mol. The third-order valence-corrected chi connectivity index (χ3v) is 5.52. The first-order chi connectivity index (χ1) is 16.8. The van der Waals surface area contributed by atoms with E-state index in [-0.39, 0.29) is 36.4 Å². The van der Waals surface area contributed by atoms with Gasteiger partial charge in [-0.05, 0) is 55.0 Å². The molecule has 1 heterocycles. The number of carbonyl (C=O) groups is 2. The van der Waals surface area contributed by atoms with Gasteiger partial charge in [0.15, 0.2) is 0 Å². The molecule has 0 saturated carbocycles. The van der Waals surface area contributed by atoms with Gasteiger partial charge in [0.2, 0.25) is 0 Å². The number of rotatable bonds is 9. The number of carbonyl (C=O) groups excluding carboxylic acids is 2. The van der Waals surface area contributed by atoms with Gasteiger partial charge >= 0.3 is 11.9 Å². The van der Waals surface area contributed by atoms with Crippen LogP contribution in [0.2, 0.25) is 0 Å². The summed E-state index contributed by atoms with van der Waals surface area (Å²) in [6, 6.07) is 9.38. The number of hydrogen-bond donors (Lipinski definition) is 2. The quantitative estimate of drug-likeness (QED) is 0.340. The van der Waals surface area contributed by atoms with Crippen molar-refractivity contribution in [2.75, 3.05) is 13.2 Å². The van der Waals surface area contributed by atoms with Crippen LogP contribution < -0.4 is 0 Å². The summed E-state index contributed by atoms with van der Waals surface area (Å²) < 4.78 is 9.97. The lowest BCUT2D eigenvalue weighted by atomic mass is 9.84. The van der Waals surface area contributed by atoms with Crippen LogP contribution in [0.15, 0.2) is 42.5 Å². The summed E-state index contributed by atoms with van der Waals surface area (Å²) in [5, 5.41) is 30.0. The average Bonchev–Trinajstić information content (AvgIpc) is 3.22. The van der Waals surface area contributed by atoms with Crippen molar-refractivity contribution >= 4 is 23.0 Å². The maximum absolute atomic E-state index is 12.3. The Hall–Kier alpha value is -3.72. The van der Waals surface area contributed by atoms with E-state index in [9.17, 15) is 19.8 Å². The minimum atomic E-state index is -1.13. The summed E-state index contributed by atoms with van der Waals surface area (Å²) in [5.74, 6) is -1.04. The zero-order chi connectivity index (χ0) is 26.6. The SMILES string of the molecule is C=C(C)C(=O)OCC(O)COC(=O)CCc1cc(-n2nc3ccc(C)cc3n2)c(O)c(C(C)(C)C)c1. The van der Waals surface area contributed by atoms with Crippen molar-refractivity contribution in [3.63, 3.8) is 0 Å². The summed E-state index contributed by atoms with van der Waals surface area (Å²) in [6.07, 6.45) is -0.732. The molecule has 1 unspecified atom stereocenters. The molecular weight excluding hydrogens is 462 g/mol. The van der Waals surface area contributed by atoms with E-state index >= 15 is 0 Å². The van der Waals surface area contributed by atoms with E-state index in [0.717, 1.165) is 11.1 Å². The lowest BCUT2D eigenvalue weighted by molar-refractivity contribution is -0.150. The van der Waals surface area contributed by atoms with Crippen LogP contribution in [-0.2, 0) is 30.9 Å².